The van der Waals surface area contributed by atoms with Gasteiger partial charge in [0.15, 0.2) is 0 Å². The average molecular weight is 254 g/mol. The van der Waals surface area contributed by atoms with Gasteiger partial charge >= 0.3 is 0 Å². The number of benzene rings is 1. The van der Waals surface area contributed by atoms with Crippen LogP contribution in [0.25, 0.3) is 0 Å². The van der Waals surface area contributed by atoms with Crippen LogP contribution >= 0.6 is 0 Å². The molecule has 1 aromatic carbocycles. The SMILES string of the molecule is O=C(c1cccnc1)N1COC(c2ccccc2)C1. The lowest BCUT2D eigenvalue weighted by Gasteiger charge is -2.13. The molecule has 1 aromatic heterocycles. The van der Waals surface area contributed by atoms with E-state index < -0.39 is 0 Å². The molecule has 96 valence electrons. The summed E-state index contributed by atoms with van der Waals surface area (Å²) in [5.41, 5.74) is 1.70. The second-order valence-electron chi connectivity index (χ2n) is 4.46. The van der Waals surface area contributed by atoms with Gasteiger partial charge in [-0.15, -0.1) is 0 Å². The monoisotopic (exact) mass is 254 g/mol. The summed E-state index contributed by atoms with van der Waals surface area (Å²) in [4.78, 5) is 17.9. The summed E-state index contributed by atoms with van der Waals surface area (Å²) in [7, 11) is 0. The van der Waals surface area contributed by atoms with Gasteiger partial charge in [-0.2, -0.15) is 0 Å². The molecule has 0 N–H and O–H groups in total. The fourth-order valence-electron chi connectivity index (χ4n) is 2.17. The minimum absolute atomic E-state index is 0.0356. The molecular formula is C15H14N2O2. The first-order valence-electron chi connectivity index (χ1n) is 6.20. The van der Waals surface area contributed by atoms with Crippen LogP contribution in [0.5, 0.6) is 0 Å². The second kappa shape index (κ2) is 5.20. The van der Waals surface area contributed by atoms with Crippen molar-refractivity contribution in [2.24, 2.45) is 0 Å². The van der Waals surface area contributed by atoms with Crippen molar-refractivity contribution >= 4 is 5.91 Å². The minimum atomic E-state index is -0.0400. The van der Waals surface area contributed by atoms with Crippen molar-refractivity contribution in [1.82, 2.24) is 9.88 Å². The molecule has 2 aromatic rings. The van der Waals surface area contributed by atoms with Crippen LogP contribution in [0.1, 0.15) is 22.0 Å². The van der Waals surface area contributed by atoms with Crippen LogP contribution in [0.15, 0.2) is 54.9 Å². The molecule has 4 nitrogen and oxygen atoms in total. The number of pyridine rings is 1. The Kier molecular flexibility index (Phi) is 3.25. The van der Waals surface area contributed by atoms with Crippen molar-refractivity contribution in [3.05, 3.63) is 66.0 Å². The summed E-state index contributed by atoms with van der Waals surface area (Å²) in [6, 6.07) is 13.5. The van der Waals surface area contributed by atoms with Gasteiger partial charge in [-0.25, -0.2) is 0 Å². The van der Waals surface area contributed by atoms with Crippen molar-refractivity contribution in [3.8, 4) is 0 Å². The maximum absolute atomic E-state index is 12.2. The lowest BCUT2D eigenvalue weighted by atomic mass is 10.1. The number of nitrogens with zero attached hydrogens (tertiary/aromatic N) is 2. The number of amides is 1. The number of rotatable bonds is 2. The smallest absolute Gasteiger partial charge is 0.257 e. The summed E-state index contributed by atoms with van der Waals surface area (Å²) < 4.78 is 5.68. The van der Waals surface area contributed by atoms with Crippen LogP contribution in [0.4, 0.5) is 0 Å². The molecule has 1 amide bonds. The third-order valence-electron chi connectivity index (χ3n) is 3.18. The molecule has 1 aliphatic heterocycles. The standard InChI is InChI=1S/C15H14N2O2/c18-15(13-7-4-8-16-9-13)17-10-14(19-11-17)12-5-2-1-3-6-12/h1-9,14H,10-11H2. The lowest BCUT2D eigenvalue weighted by molar-refractivity contribution is 0.0630. The minimum Gasteiger partial charge on any atom is -0.351 e. The normalized spacial score (nSPS) is 18.5. The van der Waals surface area contributed by atoms with Gasteiger partial charge in [0.25, 0.3) is 5.91 Å². The van der Waals surface area contributed by atoms with Gasteiger partial charge < -0.3 is 9.64 Å². The van der Waals surface area contributed by atoms with Gasteiger partial charge in [0, 0.05) is 12.4 Å². The van der Waals surface area contributed by atoms with E-state index in [1.165, 1.54) is 0 Å². The summed E-state index contributed by atoms with van der Waals surface area (Å²) in [5, 5.41) is 0. The number of hydrogen-bond acceptors (Lipinski definition) is 3. The zero-order valence-corrected chi connectivity index (χ0v) is 10.4. The van der Waals surface area contributed by atoms with Gasteiger partial charge in [0.2, 0.25) is 0 Å². The molecule has 0 aliphatic carbocycles. The molecule has 1 saturated heterocycles. The van der Waals surface area contributed by atoms with E-state index in [1.54, 1.807) is 29.4 Å². The highest BCUT2D eigenvalue weighted by molar-refractivity contribution is 5.93. The number of carbonyl (C=O) groups is 1. The summed E-state index contributed by atoms with van der Waals surface area (Å²) >= 11 is 0. The predicted molar refractivity (Wildman–Crippen MR) is 70.4 cm³/mol. The molecule has 0 radical (unpaired) electrons. The summed E-state index contributed by atoms with van der Waals surface area (Å²) in [6.45, 7) is 0.908. The van der Waals surface area contributed by atoms with Crippen molar-refractivity contribution in [1.29, 1.82) is 0 Å². The Hall–Kier alpha value is -2.20. The van der Waals surface area contributed by atoms with Crippen LogP contribution in [0.3, 0.4) is 0 Å². The van der Waals surface area contributed by atoms with Gasteiger partial charge in [-0.3, -0.25) is 9.78 Å². The zero-order chi connectivity index (χ0) is 13.1. The van der Waals surface area contributed by atoms with Crippen LogP contribution in [0.2, 0.25) is 0 Å². The summed E-state index contributed by atoms with van der Waals surface area (Å²) in [6.07, 6.45) is 3.20. The third kappa shape index (κ3) is 2.48. The molecule has 4 heteroatoms. The van der Waals surface area contributed by atoms with Gasteiger partial charge in [0.1, 0.15) is 12.8 Å². The first kappa shape index (κ1) is 11.9. The maximum atomic E-state index is 12.2. The van der Waals surface area contributed by atoms with E-state index in [9.17, 15) is 4.79 Å². The highest BCUT2D eigenvalue weighted by Gasteiger charge is 2.28. The van der Waals surface area contributed by atoms with E-state index in [0.29, 0.717) is 18.8 Å². The fourth-order valence-corrected chi connectivity index (χ4v) is 2.17. The van der Waals surface area contributed by atoms with E-state index in [-0.39, 0.29) is 12.0 Å². The van der Waals surface area contributed by atoms with Crippen molar-refractivity contribution in [2.75, 3.05) is 13.3 Å². The first-order valence-corrected chi connectivity index (χ1v) is 6.20. The quantitative estimate of drug-likeness (QED) is 0.825. The molecule has 0 spiro atoms. The highest BCUT2D eigenvalue weighted by Crippen LogP contribution is 2.25. The average Bonchev–Trinajstić information content (AvgIpc) is 2.98. The maximum Gasteiger partial charge on any atom is 0.257 e. The van der Waals surface area contributed by atoms with Gasteiger partial charge in [-0.1, -0.05) is 30.3 Å². The topological polar surface area (TPSA) is 42.4 Å². The van der Waals surface area contributed by atoms with Crippen molar-refractivity contribution in [2.45, 2.75) is 6.10 Å². The van der Waals surface area contributed by atoms with E-state index in [0.717, 1.165) is 5.56 Å². The van der Waals surface area contributed by atoms with Crippen molar-refractivity contribution < 1.29 is 9.53 Å². The largest absolute Gasteiger partial charge is 0.351 e. The molecule has 19 heavy (non-hydrogen) atoms. The fraction of sp³-hybridized carbons (Fsp3) is 0.200. The Labute approximate surface area is 111 Å². The molecule has 0 saturated carbocycles. The van der Waals surface area contributed by atoms with Crippen LogP contribution in [0, 0.1) is 0 Å². The van der Waals surface area contributed by atoms with Crippen LogP contribution in [-0.4, -0.2) is 29.1 Å². The van der Waals surface area contributed by atoms with Gasteiger partial charge in [-0.05, 0) is 17.7 Å². The third-order valence-corrected chi connectivity index (χ3v) is 3.18. The number of carbonyl (C=O) groups excluding carboxylic acids is 1. The predicted octanol–water partition coefficient (Wildman–Crippen LogP) is 2.25. The van der Waals surface area contributed by atoms with E-state index in [4.69, 9.17) is 4.74 Å². The molecule has 1 aliphatic rings. The van der Waals surface area contributed by atoms with Crippen molar-refractivity contribution in [3.63, 3.8) is 0 Å². The van der Waals surface area contributed by atoms with Crippen LogP contribution in [-0.2, 0) is 4.74 Å². The highest BCUT2D eigenvalue weighted by atomic mass is 16.5. The second-order valence-corrected chi connectivity index (χ2v) is 4.46. The Morgan fingerprint density at radius 1 is 1.21 bits per heavy atom. The molecule has 3 rings (SSSR count). The number of hydrogen-bond donors (Lipinski definition) is 0. The summed E-state index contributed by atoms with van der Waals surface area (Å²) in [5.74, 6) is -0.0356. The number of ether oxygens (including phenoxy) is 1. The number of aromatic nitrogens is 1. The molecule has 1 atom stereocenters. The molecule has 0 bridgehead atoms. The van der Waals surface area contributed by atoms with E-state index in [2.05, 4.69) is 4.98 Å². The van der Waals surface area contributed by atoms with E-state index in [1.807, 2.05) is 30.3 Å². The Balaban J connectivity index is 1.71. The molecule has 2 heterocycles. The molecule has 1 fully saturated rings. The molecule has 1 unspecified atom stereocenters. The van der Waals surface area contributed by atoms with E-state index >= 15 is 0 Å². The Morgan fingerprint density at radius 2 is 2.05 bits per heavy atom. The lowest BCUT2D eigenvalue weighted by Crippen LogP contribution is -2.28. The molecular weight excluding hydrogens is 240 g/mol. The Morgan fingerprint density at radius 3 is 2.79 bits per heavy atom. The Bertz CT molecular complexity index is 557. The first-order chi connectivity index (χ1) is 9.34. The van der Waals surface area contributed by atoms with Crippen LogP contribution < -0.4 is 0 Å². The zero-order valence-electron chi connectivity index (χ0n) is 10.4. The van der Waals surface area contributed by atoms with Gasteiger partial charge in [0.05, 0.1) is 12.1 Å².